The van der Waals surface area contributed by atoms with Gasteiger partial charge < -0.3 is 33.8 Å². The third-order valence-electron chi connectivity index (χ3n) is 19.7. The lowest BCUT2D eigenvalue weighted by molar-refractivity contribution is -0.161. The fraction of sp³-hybridized carbons (Fsp3) is 0.952. The molecule has 0 aliphatic rings. The van der Waals surface area contributed by atoms with E-state index in [0.717, 1.165) is 102 Å². The molecule has 0 radical (unpaired) electrons. The van der Waals surface area contributed by atoms with Gasteiger partial charge in [0.05, 0.1) is 26.4 Å². The van der Waals surface area contributed by atoms with E-state index in [2.05, 4.69) is 41.5 Å². The van der Waals surface area contributed by atoms with Crippen LogP contribution in [-0.4, -0.2) is 96.7 Å². The van der Waals surface area contributed by atoms with E-state index in [1.165, 1.54) is 263 Å². The summed E-state index contributed by atoms with van der Waals surface area (Å²) in [5.74, 6) is -0.485. The van der Waals surface area contributed by atoms with Crippen LogP contribution in [0.3, 0.4) is 0 Å². The molecule has 0 rings (SSSR count). The molecule has 0 fully saturated rings. The van der Waals surface area contributed by atoms with Crippen LogP contribution in [0.2, 0.25) is 0 Å². The summed E-state index contributed by atoms with van der Waals surface area (Å²) < 4.78 is 68.8. The largest absolute Gasteiger partial charge is 0.472 e. The van der Waals surface area contributed by atoms with E-state index in [4.69, 9.17) is 37.0 Å². The summed E-state index contributed by atoms with van der Waals surface area (Å²) in [6.45, 7) is 9.71. The van der Waals surface area contributed by atoms with Crippen molar-refractivity contribution in [1.29, 1.82) is 0 Å². The second kappa shape index (κ2) is 75.5. The number of hydrogen-bond acceptors (Lipinski definition) is 15. The number of ether oxygens (including phenoxy) is 4. The molecule has 0 saturated heterocycles. The van der Waals surface area contributed by atoms with E-state index >= 15 is 0 Å². The smallest absolute Gasteiger partial charge is 0.462 e. The van der Waals surface area contributed by atoms with Gasteiger partial charge in [0.25, 0.3) is 0 Å². The minimum absolute atomic E-state index is 0.109. The van der Waals surface area contributed by atoms with Gasteiger partial charge in [-0.05, 0) is 37.5 Å². The highest BCUT2D eigenvalue weighted by Gasteiger charge is 2.30. The standard InChI is InChI=1S/C84H164O17P2/c1-7-9-11-13-15-17-18-19-20-26-33-38-44-50-56-62-68-83(88)100-79(72-94-81(86)66-60-54-48-40-16-14-12-10-8-2)74-98-102(90,91)96-70-78(85)71-97-103(92,93)99-75-80(73-95-82(87)67-61-55-49-43-37-32-29-28-31-36-42-47-53-59-65-77(5)6)101-84(89)69-63-57-51-45-39-34-27-24-22-21-23-25-30-35-41-46-52-58-64-76(3)4/h76-80,85H,7-75H2,1-6H3,(H,90,91)(H,92,93)/t78-,79+,80+/m0/s1. The molecule has 0 spiro atoms. The van der Waals surface area contributed by atoms with Gasteiger partial charge in [-0.2, -0.15) is 0 Å². The molecular formula is C84H164O17P2. The lowest BCUT2D eigenvalue weighted by atomic mass is 10.0. The Morgan fingerprint density at radius 3 is 0.660 bits per heavy atom. The Balaban J connectivity index is 5.21. The number of carbonyl (C=O) groups excluding carboxylic acids is 4. The summed E-state index contributed by atoms with van der Waals surface area (Å²) >= 11 is 0. The number of unbranched alkanes of at least 4 members (excludes halogenated alkanes) is 53. The maximum absolute atomic E-state index is 13.1. The van der Waals surface area contributed by atoms with Gasteiger partial charge in [0.2, 0.25) is 0 Å². The number of phosphoric ester groups is 2. The summed E-state index contributed by atoms with van der Waals surface area (Å²) in [6.07, 6.45) is 66.6. The molecule has 2 unspecified atom stereocenters. The van der Waals surface area contributed by atoms with Crippen molar-refractivity contribution in [2.75, 3.05) is 39.6 Å². The van der Waals surface area contributed by atoms with E-state index in [9.17, 15) is 43.2 Å². The maximum atomic E-state index is 13.1. The molecule has 0 saturated carbocycles. The molecule has 0 amide bonds. The Kier molecular flexibility index (Phi) is 74.1. The molecule has 0 aliphatic heterocycles. The average molecular weight is 1510 g/mol. The zero-order chi connectivity index (χ0) is 75.6. The fourth-order valence-electron chi connectivity index (χ4n) is 13.1. The molecule has 5 atom stereocenters. The van der Waals surface area contributed by atoms with Crippen molar-refractivity contribution in [2.45, 2.75) is 464 Å². The van der Waals surface area contributed by atoms with Crippen LogP contribution in [0.5, 0.6) is 0 Å². The predicted octanol–water partition coefficient (Wildman–Crippen LogP) is 25.5. The lowest BCUT2D eigenvalue weighted by Gasteiger charge is -2.21. The van der Waals surface area contributed by atoms with E-state index in [0.29, 0.717) is 25.7 Å². The monoisotopic (exact) mass is 1510 g/mol. The Morgan fingerprint density at radius 1 is 0.262 bits per heavy atom. The molecule has 3 N–H and O–H groups in total. The minimum Gasteiger partial charge on any atom is -0.462 e. The first kappa shape index (κ1) is 101. The highest BCUT2D eigenvalue weighted by molar-refractivity contribution is 7.47. The van der Waals surface area contributed by atoms with Gasteiger partial charge in [0.1, 0.15) is 19.3 Å². The maximum Gasteiger partial charge on any atom is 0.472 e. The second-order valence-corrected chi connectivity index (χ2v) is 34.1. The Labute approximate surface area is 632 Å². The Hall–Kier alpha value is -1.94. The van der Waals surface area contributed by atoms with E-state index in [1.54, 1.807) is 0 Å². The summed E-state index contributed by atoms with van der Waals surface area (Å²) in [4.78, 5) is 73.1. The van der Waals surface area contributed by atoms with Crippen LogP contribution in [0.15, 0.2) is 0 Å². The molecule has 0 heterocycles. The topological polar surface area (TPSA) is 237 Å². The Morgan fingerprint density at radius 2 is 0.447 bits per heavy atom. The van der Waals surface area contributed by atoms with Crippen LogP contribution in [0.25, 0.3) is 0 Å². The zero-order valence-electron chi connectivity index (χ0n) is 67.6. The normalized spacial score (nSPS) is 13.9. The van der Waals surface area contributed by atoms with E-state index < -0.39 is 97.5 Å². The second-order valence-electron chi connectivity index (χ2n) is 31.2. The van der Waals surface area contributed by atoms with Crippen molar-refractivity contribution >= 4 is 39.5 Å². The zero-order valence-corrected chi connectivity index (χ0v) is 69.4. The van der Waals surface area contributed by atoms with Crippen molar-refractivity contribution < 1.29 is 80.2 Å². The predicted molar refractivity (Wildman–Crippen MR) is 423 cm³/mol. The third-order valence-corrected chi connectivity index (χ3v) is 21.6. The van der Waals surface area contributed by atoms with Crippen LogP contribution < -0.4 is 0 Å². The first-order chi connectivity index (χ1) is 49.9. The van der Waals surface area contributed by atoms with Crippen molar-refractivity contribution in [3.63, 3.8) is 0 Å². The number of aliphatic hydroxyl groups excluding tert-OH is 1. The molecule has 0 aromatic rings. The van der Waals surface area contributed by atoms with Gasteiger partial charge in [-0.1, -0.05) is 395 Å². The van der Waals surface area contributed by atoms with Gasteiger partial charge in [-0.3, -0.25) is 37.3 Å². The van der Waals surface area contributed by atoms with Crippen LogP contribution in [0.1, 0.15) is 446 Å². The minimum atomic E-state index is -4.96. The number of carbonyl (C=O) groups is 4. The molecule has 0 aromatic carbocycles. The number of rotatable bonds is 83. The molecular weight excluding hydrogens is 1340 g/mol. The third kappa shape index (κ3) is 78.0. The van der Waals surface area contributed by atoms with Crippen LogP contribution in [0.4, 0.5) is 0 Å². The highest BCUT2D eigenvalue weighted by Crippen LogP contribution is 2.45. The summed E-state index contributed by atoms with van der Waals surface area (Å²) in [5, 5.41) is 10.7. The number of esters is 4. The summed E-state index contributed by atoms with van der Waals surface area (Å²) in [6, 6.07) is 0. The SMILES string of the molecule is CCCCCCCCCCCCCCCCCCC(=O)O[C@H](COC(=O)CCCCCCCCCCC)COP(=O)(O)OC[C@H](O)COP(=O)(O)OC[C@@H](COC(=O)CCCCCCCCCCCCCCCCC(C)C)OC(=O)CCCCCCCCCCCCCCCCCCCCC(C)C. The summed E-state index contributed by atoms with van der Waals surface area (Å²) in [7, 11) is -9.92. The summed E-state index contributed by atoms with van der Waals surface area (Å²) in [5.41, 5.74) is 0. The van der Waals surface area contributed by atoms with Gasteiger partial charge >= 0.3 is 39.5 Å². The van der Waals surface area contributed by atoms with Crippen LogP contribution in [-0.2, 0) is 65.4 Å². The molecule has 17 nitrogen and oxygen atoms in total. The van der Waals surface area contributed by atoms with Gasteiger partial charge in [0, 0.05) is 25.7 Å². The highest BCUT2D eigenvalue weighted by atomic mass is 31.2. The van der Waals surface area contributed by atoms with Crippen molar-refractivity contribution in [3.05, 3.63) is 0 Å². The van der Waals surface area contributed by atoms with Gasteiger partial charge in [-0.15, -0.1) is 0 Å². The molecule has 0 bridgehead atoms. The number of aliphatic hydroxyl groups is 1. The average Bonchev–Trinajstić information content (AvgIpc) is 0.915. The first-order valence-corrected chi connectivity index (χ1v) is 46.5. The van der Waals surface area contributed by atoms with Crippen LogP contribution >= 0.6 is 15.6 Å². The number of phosphoric acid groups is 2. The van der Waals surface area contributed by atoms with Crippen molar-refractivity contribution in [1.82, 2.24) is 0 Å². The fourth-order valence-corrected chi connectivity index (χ4v) is 14.6. The van der Waals surface area contributed by atoms with Crippen molar-refractivity contribution in [3.8, 4) is 0 Å². The molecule has 103 heavy (non-hydrogen) atoms. The molecule has 612 valence electrons. The molecule has 19 heteroatoms. The number of hydrogen-bond donors (Lipinski definition) is 3. The van der Waals surface area contributed by atoms with E-state index in [1.807, 2.05) is 0 Å². The van der Waals surface area contributed by atoms with E-state index in [-0.39, 0.29) is 25.7 Å². The molecule has 0 aliphatic carbocycles. The molecule has 0 aromatic heterocycles. The van der Waals surface area contributed by atoms with Crippen LogP contribution in [0, 0.1) is 11.8 Å². The Bertz CT molecular complexity index is 1980. The van der Waals surface area contributed by atoms with Gasteiger partial charge in [-0.25, -0.2) is 9.13 Å². The first-order valence-electron chi connectivity index (χ1n) is 43.5. The van der Waals surface area contributed by atoms with Gasteiger partial charge in [0.15, 0.2) is 12.2 Å². The van der Waals surface area contributed by atoms with Crippen molar-refractivity contribution in [2.24, 2.45) is 11.8 Å². The quantitative estimate of drug-likeness (QED) is 0.0222. The lowest BCUT2D eigenvalue weighted by Crippen LogP contribution is -2.30.